The number of ether oxygens (including phenoxy) is 1. The predicted octanol–water partition coefficient (Wildman–Crippen LogP) is 3.09. The van der Waals surface area contributed by atoms with Gasteiger partial charge in [-0.15, -0.1) is 0 Å². The van der Waals surface area contributed by atoms with Crippen LogP contribution in [0.2, 0.25) is 0 Å². The first-order valence-electron chi connectivity index (χ1n) is 7.73. The Balaban J connectivity index is 2.35. The molecular formula is C19H16N4O2. The molecule has 25 heavy (non-hydrogen) atoms. The van der Waals surface area contributed by atoms with Crippen molar-refractivity contribution in [2.75, 3.05) is 7.11 Å². The van der Waals surface area contributed by atoms with Crippen molar-refractivity contribution >= 4 is 11.4 Å². The molecule has 6 nitrogen and oxygen atoms in total. The molecule has 2 heterocycles. The molecule has 2 unspecified atom stereocenters. The molecule has 0 fully saturated rings. The van der Waals surface area contributed by atoms with Gasteiger partial charge in [-0.25, -0.2) is 11.6 Å². The molecule has 2 aromatic rings. The lowest BCUT2D eigenvalue weighted by molar-refractivity contribution is 0.407. The summed E-state index contributed by atoms with van der Waals surface area (Å²) in [5.74, 6) is -0.0180. The average Bonchev–Trinajstić information content (AvgIpc) is 2.63. The highest BCUT2D eigenvalue weighted by Gasteiger charge is 2.41. The number of fused-ring (bicyclic) bond motifs is 1. The van der Waals surface area contributed by atoms with Crippen LogP contribution >= 0.6 is 0 Å². The van der Waals surface area contributed by atoms with Gasteiger partial charge in [-0.2, -0.15) is 5.26 Å². The molecule has 0 spiro atoms. The highest BCUT2D eigenvalue weighted by Crippen LogP contribution is 2.43. The van der Waals surface area contributed by atoms with Crippen LogP contribution in [0.25, 0.3) is 4.85 Å². The van der Waals surface area contributed by atoms with E-state index in [-0.39, 0.29) is 5.56 Å². The first-order valence-corrected chi connectivity index (χ1v) is 7.73. The van der Waals surface area contributed by atoms with Crippen LogP contribution in [-0.2, 0) is 0 Å². The normalized spacial score (nSPS) is 18.5. The van der Waals surface area contributed by atoms with Gasteiger partial charge in [-0.05, 0) is 31.5 Å². The first-order chi connectivity index (χ1) is 12.0. The SMILES string of the molecule is [C-]#[N+]C1C(C)=Nc2c(C)c[nH]c(=O)c2C1c1ccc(C#N)cc1OC. The number of rotatable bonds is 2. The van der Waals surface area contributed by atoms with E-state index in [9.17, 15) is 4.79 Å². The van der Waals surface area contributed by atoms with Gasteiger partial charge in [0.2, 0.25) is 0 Å². The van der Waals surface area contributed by atoms with Crippen LogP contribution in [0, 0.1) is 24.8 Å². The van der Waals surface area contributed by atoms with Crippen molar-refractivity contribution in [3.8, 4) is 11.8 Å². The number of hydrogen-bond donors (Lipinski definition) is 1. The van der Waals surface area contributed by atoms with Crippen LogP contribution in [0.5, 0.6) is 5.75 Å². The third kappa shape index (κ3) is 2.58. The molecule has 1 aromatic carbocycles. The first kappa shape index (κ1) is 16.5. The van der Waals surface area contributed by atoms with E-state index in [2.05, 4.69) is 20.9 Å². The fourth-order valence-electron chi connectivity index (χ4n) is 3.25. The molecule has 6 heteroatoms. The summed E-state index contributed by atoms with van der Waals surface area (Å²) in [4.78, 5) is 23.5. The molecule has 1 aliphatic rings. The summed E-state index contributed by atoms with van der Waals surface area (Å²) in [6.07, 6.45) is 1.63. The van der Waals surface area contributed by atoms with Crippen LogP contribution < -0.4 is 10.3 Å². The van der Waals surface area contributed by atoms with Crippen molar-refractivity contribution in [3.05, 3.63) is 68.4 Å². The molecule has 0 aliphatic carbocycles. The molecule has 0 saturated heterocycles. The van der Waals surface area contributed by atoms with E-state index < -0.39 is 12.0 Å². The smallest absolute Gasteiger partial charge is 0.272 e. The van der Waals surface area contributed by atoms with Crippen LogP contribution in [-0.4, -0.2) is 23.8 Å². The maximum Gasteiger partial charge on any atom is 0.272 e. The van der Waals surface area contributed by atoms with E-state index in [1.807, 2.05) is 6.92 Å². The standard InChI is InChI=1S/C19H16N4O2/c1-10-9-22-19(24)16-15(18(21-3)11(2)23-17(10)16)13-6-5-12(8-20)7-14(13)25-4/h5-7,9,15,18H,1-2,4H3,(H,22,24). The third-order valence-corrected chi connectivity index (χ3v) is 4.47. The number of benzene rings is 1. The average molecular weight is 332 g/mol. The van der Waals surface area contributed by atoms with Gasteiger partial charge >= 0.3 is 0 Å². The zero-order chi connectivity index (χ0) is 18.1. The van der Waals surface area contributed by atoms with E-state index in [1.54, 1.807) is 31.3 Å². The number of H-pyrrole nitrogens is 1. The Hall–Kier alpha value is -3.38. The van der Waals surface area contributed by atoms with Crippen LogP contribution in [0.1, 0.15) is 35.1 Å². The van der Waals surface area contributed by atoms with Crippen LogP contribution in [0.4, 0.5) is 5.69 Å². The fourth-order valence-corrected chi connectivity index (χ4v) is 3.25. The lowest BCUT2D eigenvalue weighted by Gasteiger charge is -2.26. The van der Waals surface area contributed by atoms with E-state index in [0.717, 1.165) is 5.56 Å². The maximum atomic E-state index is 12.6. The number of aliphatic imine (C=N–C) groups is 1. The summed E-state index contributed by atoms with van der Waals surface area (Å²) < 4.78 is 5.45. The molecule has 0 amide bonds. The van der Waals surface area contributed by atoms with Crippen LogP contribution in [0.3, 0.4) is 0 Å². The largest absolute Gasteiger partial charge is 0.496 e. The van der Waals surface area contributed by atoms with Gasteiger partial charge in [0.05, 0.1) is 35.7 Å². The maximum absolute atomic E-state index is 12.6. The molecule has 0 bridgehead atoms. The number of aromatic amines is 1. The second kappa shape index (κ2) is 6.26. The van der Waals surface area contributed by atoms with Gasteiger partial charge < -0.3 is 14.6 Å². The Morgan fingerprint density at radius 3 is 2.80 bits per heavy atom. The van der Waals surface area contributed by atoms with E-state index >= 15 is 0 Å². The van der Waals surface area contributed by atoms with E-state index in [4.69, 9.17) is 16.6 Å². The zero-order valence-electron chi connectivity index (χ0n) is 14.1. The fraction of sp³-hybridized carbons (Fsp3) is 0.263. The van der Waals surface area contributed by atoms with Crippen molar-refractivity contribution in [1.82, 2.24) is 4.98 Å². The van der Waals surface area contributed by atoms with Crippen molar-refractivity contribution in [2.45, 2.75) is 25.8 Å². The summed E-state index contributed by atoms with van der Waals surface area (Å²) in [6.45, 7) is 11.3. The summed E-state index contributed by atoms with van der Waals surface area (Å²) >= 11 is 0. The van der Waals surface area contributed by atoms with Crippen molar-refractivity contribution in [3.63, 3.8) is 0 Å². The predicted molar refractivity (Wildman–Crippen MR) is 94.5 cm³/mol. The topological polar surface area (TPSA) is 82.6 Å². The summed E-state index contributed by atoms with van der Waals surface area (Å²) in [5.41, 5.74) is 3.48. The second-order valence-electron chi connectivity index (χ2n) is 5.94. The van der Waals surface area contributed by atoms with Crippen LogP contribution in [0.15, 0.2) is 34.2 Å². The summed E-state index contributed by atoms with van der Waals surface area (Å²) in [7, 11) is 1.51. The molecule has 1 aromatic heterocycles. The number of hydrogen-bond acceptors (Lipinski definition) is 4. The molecule has 0 radical (unpaired) electrons. The molecule has 0 saturated carbocycles. The minimum atomic E-state index is -0.600. The molecule has 3 rings (SSSR count). The van der Waals surface area contributed by atoms with Gasteiger partial charge in [0.25, 0.3) is 11.6 Å². The number of nitriles is 1. The highest BCUT2D eigenvalue weighted by molar-refractivity contribution is 5.95. The van der Waals surface area contributed by atoms with Crippen molar-refractivity contribution in [2.24, 2.45) is 4.99 Å². The molecule has 124 valence electrons. The molecule has 1 N–H and O–H groups in total. The monoisotopic (exact) mass is 332 g/mol. The Kier molecular flexibility index (Phi) is 4.12. The Bertz CT molecular complexity index is 1020. The van der Waals surface area contributed by atoms with Crippen molar-refractivity contribution in [1.29, 1.82) is 5.26 Å². The molecule has 2 atom stereocenters. The number of nitrogens with one attached hydrogen (secondary N) is 1. The highest BCUT2D eigenvalue weighted by atomic mass is 16.5. The van der Waals surface area contributed by atoms with E-state index in [1.165, 1.54) is 7.11 Å². The Labute approximate surface area is 145 Å². The third-order valence-electron chi connectivity index (χ3n) is 4.47. The number of methoxy groups -OCH3 is 1. The number of aryl methyl sites for hydroxylation is 1. The quantitative estimate of drug-likeness (QED) is 0.858. The minimum absolute atomic E-state index is 0.262. The van der Waals surface area contributed by atoms with Gasteiger partial charge in [-0.3, -0.25) is 4.79 Å². The Morgan fingerprint density at radius 2 is 2.16 bits per heavy atom. The number of aromatic nitrogens is 1. The Morgan fingerprint density at radius 1 is 1.40 bits per heavy atom. The molecule has 1 aliphatic heterocycles. The van der Waals surface area contributed by atoms with Gasteiger partial charge in [0.1, 0.15) is 11.7 Å². The lowest BCUT2D eigenvalue weighted by Crippen LogP contribution is -2.32. The van der Waals surface area contributed by atoms with E-state index in [0.29, 0.717) is 33.8 Å². The zero-order valence-corrected chi connectivity index (χ0v) is 14.1. The summed E-state index contributed by atoms with van der Waals surface area (Å²) in [6, 6.07) is 6.52. The minimum Gasteiger partial charge on any atom is -0.496 e. The van der Waals surface area contributed by atoms with Gasteiger partial charge in [-0.1, -0.05) is 6.07 Å². The second-order valence-corrected chi connectivity index (χ2v) is 5.94. The van der Waals surface area contributed by atoms with Gasteiger partial charge in [0.15, 0.2) is 0 Å². The summed E-state index contributed by atoms with van der Waals surface area (Å²) in [5, 5.41) is 9.11. The van der Waals surface area contributed by atoms with Gasteiger partial charge in [0, 0.05) is 11.8 Å². The molecular weight excluding hydrogens is 316 g/mol. The lowest BCUT2D eigenvalue weighted by atomic mass is 9.80. The number of nitrogens with zero attached hydrogens (tertiary/aromatic N) is 3. The van der Waals surface area contributed by atoms with Crippen molar-refractivity contribution < 1.29 is 4.74 Å². The number of pyridine rings is 1.